The highest BCUT2D eigenvalue weighted by Gasteiger charge is 2.53. The molecule has 2 fully saturated rings. The van der Waals surface area contributed by atoms with Gasteiger partial charge >= 0.3 is 5.97 Å². The molecule has 2 saturated heterocycles. The lowest BCUT2D eigenvalue weighted by Crippen LogP contribution is -2.57. The van der Waals surface area contributed by atoms with Crippen molar-refractivity contribution in [3.63, 3.8) is 0 Å². The molecule has 3 rings (SSSR count). The molecule has 5 nitrogen and oxygen atoms in total. The molecule has 1 aromatic rings. The van der Waals surface area contributed by atoms with Crippen molar-refractivity contribution < 1.29 is 14.6 Å². The van der Waals surface area contributed by atoms with Gasteiger partial charge in [0.15, 0.2) is 5.54 Å². The van der Waals surface area contributed by atoms with Crippen LogP contribution in [0.2, 0.25) is 0 Å². The van der Waals surface area contributed by atoms with E-state index in [4.69, 9.17) is 4.74 Å². The third-order valence-corrected chi connectivity index (χ3v) is 4.82. The summed E-state index contributed by atoms with van der Waals surface area (Å²) in [7, 11) is 1.61. The van der Waals surface area contributed by atoms with Crippen molar-refractivity contribution in [1.82, 2.24) is 4.90 Å². The Bertz CT molecular complexity index is 534. The number of carboxylic acid groups (broad SMARTS) is 1. The SMILES string of the molecule is COc1ccccc1NC1(C(=O)O)CCN2CCCCC21. The summed E-state index contributed by atoms with van der Waals surface area (Å²) < 4.78 is 5.35. The molecule has 2 heterocycles. The summed E-state index contributed by atoms with van der Waals surface area (Å²) in [6.07, 6.45) is 3.84. The van der Waals surface area contributed by atoms with Gasteiger partial charge in [-0.25, -0.2) is 4.79 Å². The number of para-hydroxylation sites is 2. The Balaban J connectivity index is 1.93. The fourth-order valence-corrected chi connectivity index (χ4v) is 3.74. The lowest BCUT2D eigenvalue weighted by molar-refractivity contribution is -0.143. The van der Waals surface area contributed by atoms with Crippen LogP contribution in [0.15, 0.2) is 24.3 Å². The molecule has 2 aliphatic rings. The standard InChI is InChI=1S/C16H22N2O3/c1-21-13-7-3-2-6-12(13)17-16(15(19)20)9-11-18-10-5-4-8-14(16)18/h2-3,6-7,14,17H,4-5,8-11H2,1H3,(H,19,20). The average molecular weight is 290 g/mol. The van der Waals surface area contributed by atoms with E-state index < -0.39 is 11.5 Å². The Morgan fingerprint density at radius 3 is 2.95 bits per heavy atom. The van der Waals surface area contributed by atoms with Gasteiger partial charge in [-0.15, -0.1) is 0 Å². The van der Waals surface area contributed by atoms with Crippen LogP contribution >= 0.6 is 0 Å². The zero-order valence-corrected chi connectivity index (χ0v) is 12.3. The van der Waals surface area contributed by atoms with Crippen LogP contribution in [0.5, 0.6) is 5.75 Å². The largest absolute Gasteiger partial charge is 0.495 e. The highest BCUT2D eigenvalue weighted by Crippen LogP contribution is 2.39. The summed E-state index contributed by atoms with van der Waals surface area (Å²) in [4.78, 5) is 14.4. The third kappa shape index (κ3) is 2.35. The van der Waals surface area contributed by atoms with E-state index in [-0.39, 0.29) is 6.04 Å². The number of aliphatic carboxylic acids is 1. The predicted octanol–water partition coefficient (Wildman–Crippen LogP) is 2.19. The van der Waals surface area contributed by atoms with Crippen LogP contribution in [0.1, 0.15) is 25.7 Å². The molecular formula is C16H22N2O3. The number of fused-ring (bicyclic) bond motifs is 1. The number of nitrogens with one attached hydrogen (secondary N) is 1. The minimum absolute atomic E-state index is 0.0636. The van der Waals surface area contributed by atoms with Gasteiger partial charge in [0.25, 0.3) is 0 Å². The van der Waals surface area contributed by atoms with Gasteiger partial charge in [0.05, 0.1) is 12.8 Å². The highest BCUT2D eigenvalue weighted by molar-refractivity contribution is 5.85. The lowest BCUT2D eigenvalue weighted by atomic mass is 9.85. The molecule has 114 valence electrons. The highest BCUT2D eigenvalue weighted by atomic mass is 16.5. The van der Waals surface area contributed by atoms with Crippen molar-refractivity contribution in [2.45, 2.75) is 37.3 Å². The normalized spacial score (nSPS) is 28.9. The first-order chi connectivity index (χ1) is 10.2. The Morgan fingerprint density at radius 1 is 1.38 bits per heavy atom. The van der Waals surface area contributed by atoms with Crippen LogP contribution in [0.25, 0.3) is 0 Å². The molecule has 21 heavy (non-hydrogen) atoms. The molecule has 0 spiro atoms. The molecule has 0 aromatic heterocycles. The molecule has 2 N–H and O–H groups in total. The zero-order valence-electron chi connectivity index (χ0n) is 12.3. The summed E-state index contributed by atoms with van der Waals surface area (Å²) in [5.41, 5.74) is -0.149. The minimum Gasteiger partial charge on any atom is -0.495 e. The number of hydrogen-bond acceptors (Lipinski definition) is 4. The molecule has 2 unspecified atom stereocenters. The number of methoxy groups -OCH3 is 1. The predicted molar refractivity (Wildman–Crippen MR) is 80.8 cm³/mol. The van der Waals surface area contributed by atoms with Gasteiger partial charge in [0.2, 0.25) is 0 Å². The minimum atomic E-state index is -0.908. The third-order valence-electron chi connectivity index (χ3n) is 4.82. The number of hydrogen-bond donors (Lipinski definition) is 2. The number of ether oxygens (including phenoxy) is 1. The monoisotopic (exact) mass is 290 g/mol. The topological polar surface area (TPSA) is 61.8 Å². The molecule has 0 amide bonds. The van der Waals surface area contributed by atoms with Crippen molar-refractivity contribution >= 4 is 11.7 Å². The number of carbonyl (C=O) groups is 1. The van der Waals surface area contributed by atoms with E-state index >= 15 is 0 Å². The second-order valence-electron chi connectivity index (χ2n) is 5.90. The van der Waals surface area contributed by atoms with Crippen LogP contribution in [0, 0.1) is 0 Å². The van der Waals surface area contributed by atoms with Crippen molar-refractivity contribution in [2.75, 3.05) is 25.5 Å². The summed E-state index contributed by atoms with van der Waals surface area (Å²) >= 11 is 0. The van der Waals surface area contributed by atoms with E-state index in [1.165, 1.54) is 6.42 Å². The van der Waals surface area contributed by atoms with Gasteiger partial charge in [-0.05, 0) is 37.9 Å². The quantitative estimate of drug-likeness (QED) is 0.890. The smallest absolute Gasteiger partial charge is 0.331 e. The van der Waals surface area contributed by atoms with Gasteiger partial charge in [-0.3, -0.25) is 4.90 Å². The van der Waals surface area contributed by atoms with E-state index in [0.717, 1.165) is 31.6 Å². The summed E-state index contributed by atoms with van der Waals surface area (Å²) in [6, 6.07) is 7.58. The summed E-state index contributed by atoms with van der Waals surface area (Å²) in [5, 5.41) is 13.2. The van der Waals surface area contributed by atoms with Crippen LogP contribution in [-0.4, -0.2) is 47.8 Å². The average Bonchev–Trinajstić information content (AvgIpc) is 2.88. The number of carboxylic acids is 1. The van der Waals surface area contributed by atoms with Gasteiger partial charge in [-0.1, -0.05) is 18.6 Å². The van der Waals surface area contributed by atoms with Gasteiger partial charge in [-0.2, -0.15) is 0 Å². The zero-order chi connectivity index (χ0) is 14.9. The first-order valence-corrected chi connectivity index (χ1v) is 7.56. The lowest BCUT2D eigenvalue weighted by Gasteiger charge is -2.39. The van der Waals surface area contributed by atoms with E-state index in [9.17, 15) is 9.90 Å². The molecule has 0 aliphatic carbocycles. The van der Waals surface area contributed by atoms with Crippen LogP contribution < -0.4 is 10.1 Å². The maximum Gasteiger partial charge on any atom is 0.331 e. The van der Waals surface area contributed by atoms with E-state index in [0.29, 0.717) is 12.2 Å². The second kappa shape index (κ2) is 5.56. The number of benzene rings is 1. The van der Waals surface area contributed by atoms with Gasteiger partial charge in [0.1, 0.15) is 5.75 Å². The van der Waals surface area contributed by atoms with E-state index in [1.807, 2.05) is 24.3 Å². The summed E-state index contributed by atoms with van der Waals surface area (Å²) in [6.45, 7) is 1.85. The first kappa shape index (κ1) is 14.2. The van der Waals surface area contributed by atoms with E-state index in [2.05, 4.69) is 10.2 Å². The molecule has 2 atom stereocenters. The van der Waals surface area contributed by atoms with Gasteiger partial charge < -0.3 is 15.2 Å². The number of rotatable bonds is 4. The Morgan fingerprint density at radius 2 is 2.19 bits per heavy atom. The van der Waals surface area contributed by atoms with Crippen molar-refractivity contribution in [1.29, 1.82) is 0 Å². The summed E-state index contributed by atoms with van der Waals surface area (Å²) in [5.74, 6) is -0.0739. The molecule has 1 aromatic carbocycles. The van der Waals surface area contributed by atoms with Crippen LogP contribution in [0.3, 0.4) is 0 Å². The maximum absolute atomic E-state index is 12.1. The molecule has 0 saturated carbocycles. The van der Waals surface area contributed by atoms with Crippen LogP contribution in [-0.2, 0) is 4.79 Å². The van der Waals surface area contributed by atoms with E-state index in [1.54, 1.807) is 7.11 Å². The number of anilines is 1. The Labute approximate surface area is 124 Å². The Hall–Kier alpha value is -1.75. The number of nitrogens with zero attached hydrogens (tertiary/aromatic N) is 1. The molecule has 5 heteroatoms. The molecular weight excluding hydrogens is 268 g/mol. The second-order valence-corrected chi connectivity index (χ2v) is 5.90. The molecule has 2 aliphatic heterocycles. The molecule has 0 bridgehead atoms. The maximum atomic E-state index is 12.1. The van der Waals surface area contributed by atoms with Crippen molar-refractivity contribution in [3.8, 4) is 5.75 Å². The fraction of sp³-hybridized carbons (Fsp3) is 0.562. The molecule has 0 radical (unpaired) electrons. The van der Waals surface area contributed by atoms with Crippen molar-refractivity contribution in [2.24, 2.45) is 0 Å². The first-order valence-electron chi connectivity index (χ1n) is 7.56. The fourth-order valence-electron chi connectivity index (χ4n) is 3.74. The Kier molecular flexibility index (Phi) is 3.76. The number of piperidine rings is 1. The van der Waals surface area contributed by atoms with Gasteiger partial charge in [0, 0.05) is 12.6 Å². The van der Waals surface area contributed by atoms with Crippen molar-refractivity contribution in [3.05, 3.63) is 24.3 Å². The van der Waals surface area contributed by atoms with Crippen LogP contribution in [0.4, 0.5) is 5.69 Å².